The summed E-state index contributed by atoms with van der Waals surface area (Å²) in [5.41, 5.74) is 3.06. The first-order valence-corrected chi connectivity index (χ1v) is 7.69. The Morgan fingerprint density at radius 3 is 2.89 bits per heavy atom. The van der Waals surface area contributed by atoms with E-state index in [1.807, 2.05) is 0 Å². The van der Waals surface area contributed by atoms with Crippen molar-refractivity contribution >= 4 is 0 Å². The van der Waals surface area contributed by atoms with Crippen molar-refractivity contribution in [1.29, 1.82) is 0 Å². The van der Waals surface area contributed by atoms with Crippen LogP contribution in [0, 0.1) is 5.92 Å². The molecule has 0 amide bonds. The number of benzene rings is 1. The van der Waals surface area contributed by atoms with Crippen molar-refractivity contribution in [3.8, 4) is 0 Å². The van der Waals surface area contributed by atoms with Gasteiger partial charge < -0.3 is 10.1 Å². The quantitative estimate of drug-likeness (QED) is 0.897. The molecule has 3 atom stereocenters. The van der Waals surface area contributed by atoms with Gasteiger partial charge in [0.05, 0.1) is 6.10 Å². The smallest absolute Gasteiger partial charge is 0.0612 e. The molecular formula is C17H25NO. The Balaban J connectivity index is 1.63. The lowest BCUT2D eigenvalue weighted by molar-refractivity contribution is -0.0259. The van der Waals surface area contributed by atoms with Crippen molar-refractivity contribution in [2.45, 2.75) is 57.7 Å². The van der Waals surface area contributed by atoms with E-state index in [-0.39, 0.29) is 0 Å². The normalized spacial score (nSPS) is 30.6. The van der Waals surface area contributed by atoms with Crippen molar-refractivity contribution in [3.63, 3.8) is 0 Å². The van der Waals surface area contributed by atoms with E-state index >= 15 is 0 Å². The van der Waals surface area contributed by atoms with E-state index in [0.29, 0.717) is 24.1 Å². The molecule has 0 radical (unpaired) electrons. The molecule has 1 aliphatic heterocycles. The second kappa shape index (κ2) is 5.64. The van der Waals surface area contributed by atoms with Crippen molar-refractivity contribution in [1.82, 2.24) is 5.32 Å². The van der Waals surface area contributed by atoms with E-state index < -0.39 is 0 Å². The second-order valence-corrected chi connectivity index (χ2v) is 6.33. The average molecular weight is 259 g/mol. The highest BCUT2D eigenvalue weighted by atomic mass is 16.5. The fourth-order valence-electron chi connectivity index (χ4n) is 3.46. The lowest BCUT2D eigenvalue weighted by Crippen LogP contribution is -2.41. The first-order chi connectivity index (χ1) is 9.24. The summed E-state index contributed by atoms with van der Waals surface area (Å²) < 4.78 is 5.86. The molecule has 104 valence electrons. The topological polar surface area (TPSA) is 21.3 Å². The summed E-state index contributed by atoms with van der Waals surface area (Å²) in [5.74, 6) is 0.625. The molecule has 2 aliphatic rings. The maximum atomic E-state index is 5.86. The molecule has 1 aromatic carbocycles. The van der Waals surface area contributed by atoms with Crippen molar-refractivity contribution < 1.29 is 4.74 Å². The summed E-state index contributed by atoms with van der Waals surface area (Å²) >= 11 is 0. The number of fused-ring (bicyclic) bond motifs is 1. The van der Waals surface area contributed by atoms with Crippen LogP contribution >= 0.6 is 0 Å². The van der Waals surface area contributed by atoms with Crippen LogP contribution in [0.15, 0.2) is 24.3 Å². The molecule has 0 spiro atoms. The SMILES string of the molecule is CC(C)C1CC(NC2CCc3ccccc32)CCO1. The molecule has 2 heteroatoms. The molecular weight excluding hydrogens is 234 g/mol. The van der Waals surface area contributed by atoms with E-state index in [1.165, 1.54) is 24.0 Å². The van der Waals surface area contributed by atoms with Crippen LogP contribution in [0.1, 0.15) is 50.3 Å². The maximum absolute atomic E-state index is 5.86. The summed E-state index contributed by atoms with van der Waals surface area (Å²) in [4.78, 5) is 0. The predicted octanol–water partition coefficient (Wildman–Crippen LogP) is 3.47. The molecule has 1 N–H and O–H groups in total. The second-order valence-electron chi connectivity index (χ2n) is 6.33. The van der Waals surface area contributed by atoms with E-state index in [2.05, 4.69) is 43.4 Å². The van der Waals surface area contributed by atoms with Gasteiger partial charge in [0, 0.05) is 18.7 Å². The van der Waals surface area contributed by atoms with E-state index in [0.717, 1.165) is 19.4 Å². The molecule has 0 bridgehead atoms. The summed E-state index contributed by atoms with van der Waals surface area (Å²) in [6.45, 7) is 5.44. The molecule has 1 saturated heterocycles. The van der Waals surface area contributed by atoms with Gasteiger partial charge in [0.1, 0.15) is 0 Å². The van der Waals surface area contributed by atoms with Crippen molar-refractivity contribution in [2.75, 3.05) is 6.61 Å². The zero-order valence-electron chi connectivity index (χ0n) is 12.1. The third kappa shape index (κ3) is 2.85. The predicted molar refractivity (Wildman–Crippen MR) is 78.2 cm³/mol. The fraction of sp³-hybridized carbons (Fsp3) is 0.647. The van der Waals surface area contributed by atoms with Gasteiger partial charge in [-0.2, -0.15) is 0 Å². The first-order valence-electron chi connectivity index (χ1n) is 7.69. The first kappa shape index (κ1) is 13.1. The molecule has 1 heterocycles. The average Bonchev–Trinajstić information content (AvgIpc) is 2.83. The van der Waals surface area contributed by atoms with Crippen molar-refractivity contribution in [3.05, 3.63) is 35.4 Å². The lowest BCUT2D eigenvalue weighted by Gasteiger charge is -2.34. The van der Waals surface area contributed by atoms with Gasteiger partial charge in [0.25, 0.3) is 0 Å². The van der Waals surface area contributed by atoms with Crippen LogP contribution in [0.25, 0.3) is 0 Å². The van der Waals surface area contributed by atoms with Crippen molar-refractivity contribution in [2.24, 2.45) is 5.92 Å². The van der Waals surface area contributed by atoms with E-state index in [9.17, 15) is 0 Å². The summed E-state index contributed by atoms with van der Waals surface area (Å²) in [6.07, 6.45) is 5.23. The zero-order valence-corrected chi connectivity index (χ0v) is 12.1. The van der Waals surface area contributed by atoms with Gasteiger partial charge >= 0.3 is 0 Å². The van der Waals surface area contributed by atoms with Gasteiger partial charge in [-0.1, -0.05) is 38.1 Å². The Labute approximate surface area is 116 Å². The monoisotopic (exact) mass is 259 g/mol. The summed E-state index contributed by atoms with van der Waals surface area (Å²) in [7, 11) is 0. The highest BCUT2D eigenvalue weighted by Crippen LogP contribution is 2.32. The van der Waals surface area contributed by atoms with E-state index in [4.69, 9.17) is 4.74 Å². The summed E-state index contributed by atoms with van der Waals surface area (Å²) in [5, 5.41) is 3.88. The molecule has 19 heavy (non-hydrogen) atoms. The van der Waals surface area contributed by atoms with E-state index in [1.54, 1.807) is 0 Å². The largest absolute Gasteiger partial charge is 0.378 e. The van der Waals surface area contributed by atoms with Gasteiger partial charge in [-0.25, -0.2) is 0 Å². The molecule has 3 rings (SSSR count). The Hall–Kier alpha value is -0.860. The molecule has 2 nitrogen and oxygen atoms in total. The van der Waals surface area contributed by atoms with Crippen LogP contribution in [0.2, 0.25) is 0 Å². The number of nitrogens with one attached hydrogen (secondary N) is 1. The highest BCUT2D eigenvalue weighted by Gasteiger charge is 2.29. The standard InChI is InChI=1S/C17H25NO/c1-12(2)17-11-14(9-10-19-17)18-16-8-7-13-5-3-4-6-15(13)16/h3-6,12,14,16-18H,7-11H2,1-2H3. The fourth-order valence-corrected chi connectivity index (χ4v) is 3.46. The summed E-state index contributed by atoms with van der Waals surface area (Å²) in [6, 6.07) is 10.1. The molecule has 1 aromatic rings. The minimum Gasteiger partial charge on any atom is -0.378 e. The van der Waals surface area contributed by atoms with Crippen LogP contribution in [0.5, 0.6) is 0 Å². The Kier molecular flexibility index (Phi) is 3.90. The molecule has 1 aliphatic carbocycles. The van der Waals surface area contributed by atoms with Crippen LogP contribution in [-0.4, -0.2) is 18.8 Å². The van der Waals surface area contributed by atoms with Gasteiger partial charge in [-0.3, -0.25) is 0 Å². The van der Waals surface area contributed by atoms with Crippen LogP contribution < -0.4 is 5.32 Å². The van der Waals surface area contributed by atoms with Gasteiger partial charge in [0.2, 0.25) is 0 Å². The molecule has 0 saturated carbocycles. The highest BCUT2D eigenvalue weighted by molar-refractivity contribution is 5.34. The van der Waals surface area contributed by atoms with Gasteiger partial charge in [-0.05, 0) is 42.7 Å². The molecule has 3 unspecified atom stereocenters. The van der Waals surface area contributed by atoms with Gasteiger partial charge in [0.15, 0.2) is 0 Å². The third-order valence-corrected chi connectivity index (χ3v) is 4.63. The number of rotatable bonds is 3. The Morgan fingerprint density at radius 2 is 2.05 bits per heavy atom. The minimum absolute atomic E-state index is 0.433. The zero-order chi connectivity index (χ0) is 13.2. The maximum Gasteiger partial charge on any atom is 0.0612 e. The molecule has 0 aromatic heterocycles. The van der Waals surface area contributed by atoms with Crippen LogP contribution in [0.3, 0.4) is 0 Å². The lowest BCUT2D eigenvalue weighted by atomic mass is 9.94. The van der Waals surface area contributed by atoms with Crippen LogP contribution in [0.4, 0.5) is 0 Å². The Bertz CT molecular complexity index is 429. The molecule has 1 fully saturated rings. The number of hydrogen-bond donors (Lipinski definition) is 1. The van der Waals surface area contributed by atoms with Crippen LogP contribution in [-0.2, 0) is 11.2 Å². The number of aryl methyl sites for hydroxylation is 1. The minimum atomic E-state index is 0.433. The number of hydrogen-bond acceptors (Lipinski definition) is 2. The number of ether oxygens (including phenoxy) is 1. The Morgan fingerprint density at radius 1 is 1.21 bits per heavy atom. The van der Waals surface area contributed by atoms with Gasteiger partial charge in [-0.15, -0.1) is 0 Å². The third-order valence-electron chi connectivity index (χ3n) is 4.63.